The van der Waals surface area contributed by atoms with E-state index in [4.69, 9.17) is 11.6 Å². The maximum atomic E-state index is 6.26. The minimum Gasteiger partial charge on any atom is -0.302 e. The Morgan fingerprint density at radius 1 is 1.40 bits per heavy atom. The van der Waals surface area contributed by atoms with Crippen molar-refractivity contribution in [3.8, 4) is 0 Å². The summed E-state index contributed by atoms with van der Waals surface area (Å²) in [4.78, 5) is 2.66. The summed E-state index contributed by atoms with van der Waals surface area (Å²) >= 11 is 6.26. The average Bonchev–Trinajstić information content (AvgIpc) is 2.17. The molecule has 0 spiro atoms. The number of hydrogen-bond acceptors (Lipinski definition) is 1. The maximum Gasteiger partial charge on any atom is 0.0386 e. The van der Waals surface area contributed by atoms with Crippen LogP contribution in [0.2, 0.25) is 0 Å². The SMILES string of the molecule is CCC1(CN2CCC(Cl)C(C)C2)CCC1. The quantitative estimate of drug-likeness (QED) is 0.670. The highest BCUT2D eigenvalue weighted by Gasteiger charge is 2.38. The van der Waals surface area contributed by atoms with Gasteiger partial charge in [-0.2, -0.15) is 0 Å². The zero-order chi connectivity index (χ0) is 10.9. The van der Waals surface area contributed by atoms with Gasteiger partial charge in [0.1, 0.15) is 0 Å². The molecule has 1 saturated carbocycles. The van der Waals surface area contributed by atoms with Crippen LogP contribution in [0.5, 0.6) is 0 Å². The van der Waals surface area contributed by atoms with Crippen LogP contribution in [0.25, 0.3) is 0 Å². The average molecular weight is 230 g/mol. The smallest absolute Gasteiger partial charge is 0.0386 e. The van der Waals surface area contributed by atoms with Gasteiger partial charge in [0.25, 0.3) is 0 Å². The van der Waals surface area contributed by atoms with Crippen molar-refractivity contribution in [1.82, 2.24) is 4.90 Å². The summed E-state index contributed by atoms with van der Waals surface area (Å²) in [5.74, 6) is 0.675. The molecule has 2 heteroatoms. The van der Waals surface area contributed by atoms with Crippen LogP contribution >= 0.6 is 11.6 Å². The van der Waals surface area contributed by atoms with Crippen LogP contribution in [-0.4, -0.2) is 29.9 Å². The summed E-state index contributed by atoms with van der Waals surface area (Å²) in [6.45, 7) is 8.42. The molecule has 1 nitrogen and oxygen atoms in total. The van der Waals surface area contributed by atoms with E-state index in [0.29, 0.717) is 16.7 Å². The first-order valence-electron chi connectivity index (χ1n) is 6.52. The third-order valence-corrected chi connectivity index (χ3v) is 5.26. The van der Waals surface area contributed by atoms with Crippen molar-refractivity contribution in [3.63, 3.8) is 0 Å². The van der Waals surface area contributed by atoms with Gasteiger partial charge < -0.3 is 4.90 Å². The minimum absolute atomic E-state index is 0.417. The van der Waals surface area contributed by atoms with Gasteiger partial charge in [-0.1, -0.05) is 20.3 Å². The van der Waals surface area contributed by atoms with E-state index in [0.717, 1.165) is 0 Å². The van der Waals surface area contributed by atoms with Gasteiger partial charge in [-0.15, -0.1) is 11.6 Å². The standard InChI is InChI=1S/C13H24ClN/c1-3-13(6-4-7-13)10-15-8-5-12(14)11(2)9-15/h11-12H,3-10H2,1-2H3. The van der Waals surface area contributed by atoms with Crippen molar-refractivity contribution in [2.45, 2.75) is 51.3 Å². The van der Waals surface area contributed by atoms with E-state index in [-0.39, 0.29) is 0 Å². The Hall–Kier alpha value is 0.250. The fraction of sp³-hybridized carbons (Fsp3) is 1.00. The highest BCUT2D eigenvalue weighted by atomic mass is 35.5. The van der Waals surface area contributed by atoms with Gasteiger partial charge in [0, 0.05) is 18.5 Å². The molecule has 0 amide bonds. The van der Waals surface area contributed by atoms with Gasteiger partial charge in [-0.3, -0.25) is 0 Å². The number of nitrogens with zero attached hydrogens (tertiary/aromatic N) is 1. The highest BCUT2D eigenvalue weighted by molar-refractivity contribution is 6.20. The molecule has 1 aliphatic heterocycles. The van der Waals surface area contributed by atoms with Crippen LogP contribution in [0.1, 0.15) is 46.0 Å². The first kappa shape index (κ1) is 11.7. The first-order valence-corrected chi connectivity index (χ1v) is 6.95. The van der Waals surface area contributed by atoms with Crippen molar-refractivity contribution in [3.05, 3.63) is 0 Å². The minimum atomic E-state index is 0.417. The number of halogens is 1. The van der Waals surface area contributed by atoms with E-state index >= 15 is 0 Å². The van der Waals surface area contributed by atoms with E-state index in [1.807, 2.05) is 0 Å². The third-order valence-electron chi connectivity index (χ3n) is 4.61. The summed E-state index contributed by atoms with van der Waals surface area (Å²) in [6.07, 6.45) is 6.91. The molecule has 15 heavy (non-hydrogen) atoms. The van der Waals surface area contributed by atoms with Gasteiger partial charge in [-0.25, -0.2) is 0 Å². The van der Waals surface area contributed by atoms with Gasteiger partial charge >= 0.3 is 0 Å². The van der Waals surface area contributed by atoms with Crippen molar-refractivity contribution in [2.75, 3.05) is 19.6 Å². The zero-order valence-corrected chi connectivity index (χ0v) is 10.9. The van der Waals surface area contributed by atoms with Crippen LogP contribution in [0, 0.1) is 11.3 Å². The molecule has 1 saturated heterocycles. The molecule has 0 bridgehead atoms. The van der Waals surface area contributed by atoms with E-state index < -0.39 is 0 Å². The van der Waals surface area contributed by atoms with Crippen LogP contribution in [-0.2, 0) is 0 Å². The summed E-state index contributed by atoms with van der Waals surface area (Å²) in [5.41, 5.74) is 0.679. The predicted octanol–water partition coefficient (Wildman–Crippen LogP) is 3.52. The second-order valence-electron chi connectivity index (χ2n) is 5.72. The largest absolute Gasteiger partial charge is 0.302 e. The van der Waals surface area contributed by atoms with E-state index in [1.165, 1.54) is 51.7 Å². The first-order chi connectivity index (χ1) is 7.15. The van der Waals surface area contributed by atoms with Crippen molar-refractivity contribution >= 4 is 11.6 Å². The van der Waals surface area contributed by atoms with Crippen LogP contribution in [0.15, 0.2) is 0 Å². The molecular formula is C13H24ClN. The molecule has 1 heterocycles. The molecule has 2 fully saturated rings. The van der Waals surface area contributed by atoms with Crippen LogP contribution in [0.3, 0.4) is 0 Å². The van der Waals surface area contributed by atoms with Gasteiger partial charge in [0.2, 0.25) is 0 Å². The lowest BCUT2D eigenvalue weighted by atomic mass is 9.66. The number of piperidine rings is 1. The fourth-order valence-corrected chi connectivity index (χ4v) is 3.30. The Kier molecular flexibility index (Phi) is 3.62. The molecule has 0 aromatic heterocycles. The Balaban J connectivity index is 1.84. The molecule has 2 unspecified atom stereocenters. The van der Waals surface area contributed by atoms with Crippen molar-refractivity contribution in [1.29, 1.82) is 0 Å². The fourth-order valence-electron chi connectivity index (χ4n) is 3.12. The van der Waals surface area contributed by atoms with Crippen molar-refractivity contribution in [2.24, 2.45) is 11.3 Å². The third kappa shape index (κ3) is 2.50. The normalized spacial score (nSPS) is 36.2. The Morgan fingerprint density at radius 3 is 2.60 bits per heavy atom. The second kappa shape index (κ2) is 4.63. The molecule has 88 valence electrons. The molecule has 1 aliphatic carbocycles. The molecule has 0 radical (unpaired) electrons. The summed E-state index contributed by atoms with van der Waals surface area (Å²) in [7, 11) is 0. The zero-order valence-electron chi connectivity index (χ0n) is 10.1. The summed E-state index contributed by atoms with van der Waals surface area (Å²) in [5, 5.41) is 0.417. The Bertz CT molecular complexity index is 207. The van der Waals surface area contributed by atoms with Gasteiger partial charge in [-0.05, 0) is 43.6 Å². The van der Waals surface area contributed by atoms with Crippen molar-refractivity contribution < 1.29 is 0 Å². The molecule has 2 aliphatic rings. The molecule has 0 N–H and O–H groups in total. The van der Waals surface area contributed by atoms with E-state index in [1.54, 1.807) is 0 Å². The molecular weight excluding hydrogens is 206 g/mol. The number of likely N-dealkylation sites (tertiary alicyclic amines) is 1. The van der Waals surface area contributed by atoms with Gasteiger partial charge in [0.15, 0.2) is 0 Å². The van der Waals surface area contributed by atoms with E-state index in [2.05, 4.69) is 18.7 Å². The molecule has 0 aromatic carbocycles. The molecule has 2 rings (SSSR count). The van der Waals surface area contributed by atoms with Crippen LogP contribution in [0.4, 0.5) is 0 Å². The van der Waals surface area contributed by atoms with E-state index in [9.17, 15) is 0 Å². The maximum absolute atomic E-state index is 6.26. The van der Waals surface area contributed by atoms with Gasteiger partial charge in [0.05, 0.1) is 0 Å². The number of alkyl halides is 1. The van der Waals surface area contributed by atoms with Crippen LogP contribution < -0.4 is 0 Å². The Morgan fingerprint density at radius 2 is 2.13 bits per heavy atom. The predicted molar refractivity (Wildman–Crippen MR) is 66.4 cm³/mol. The molecule has 0 aromatic rings. The number of rotatable bonds is 3. The highest BCUT2D eigenvalue weighted by Crippen LogP contribution is 2.44. The number of hydrogen-bond donors (Lipinski definition) is 0. The Labute approximate surface area is 99.2 Å². The molecule has 2 atom stereocenters. The lowest BCUT2D eigenvalue weighted by Crippen LogP contribution is -2.47. The monoisotopic (exact) mass is 229 g/mol. The topological polar surface area (TPSA) is 3.24 Å². The summed E-state index contributed by atoms with van der Waals surface area (Å²) < 4.78 is 0. The lowest BCUT2D eigenvalue weighted by molar-refractivity contribution is 0.0440. The summed E-state index contributed by atoms with van der Waals surface area (Å²) in [6, 6.07) is 0. The second-order valence-corrected chi connectivity index (χ2v) is 6.28. The lowest BCUT2D eigenvalue weighted by Gasteiger charge is -2.47.